The van der Waals surface area contributed by atoms with Gasteiger partial charge in [0.25, 0.3) is 0 Å². The molecule has 1 aromatic rings. The van der Waals surface area contributed by atoms with Gasteiger partial charge in [0.2, 0.25) is 13.9 Å². The summed E-state index contributed by atoms with van der Waals surface area (Å²) in [6.45, 7) is 7.45. The molecule has 2 nitrogen and oxygen atoms in total. The first-order valence-electron chi connectivity index (χ1n) is 5.75. The number of amides is 1. The molecule has 0 spiro atoms. The standard InChI is InChI=1S/C13H18BNO/c1-13(2,3)7-9-5-4-6-10-11(9)8-15(14)12(10)16/h4-6H,7-8,14H2,1-3H3. The quantitative estimate of drug-likeness (QED) is 0.654. The van der Waals surface area contributed by atoms with Crippen LogP contribution in [-0.4, -0.2) is 18.7 Å². The van der Waals surface area contributed by atoms with Crippen molar-refractivity contribution in [3.63, 3.8) is 0 Å². The number of hydrogen-bond donors (Lipinski definition) is 0. The zero-order valence-corrected chi connectivity index (χ0v) is 10.5. The van der Waals surface area contributed by atoms with E-state index in [2.05, 4.69) is 26.8 Å². The Labute approximate surface area is 98.1 Å². The second-order valence-corrected chi connectivity index (χ2v) is 5.84. The summed E-state index contributed by atoms with van der Waals surface area (Å²) in [6, 6.07) is 6.08. The first-order chi connectivity index (χ1) is 7.38. The third kappa shape index (κ3) is 1.99. The molecular weight excluding hydrogens is 197 g/mol. The van der Waals surface area contributed by atoms with E-state index in [1.54, 1.807) is 4.81 Å². The van der Waals surface area contributed by atoms with Gasteiger partial charge in [0, 0.05) is 12.1 Å². The summed E-state index contributed by atoms with van der Waals surface area (Å²) in [5.41, 5.74) is 3.70. The summed E-state index contributed by atoms with van der Waals surface area (Å²) in [4.78, 5) is 13.6. The van der Waals surface area contributed by atoms with Gasteiger partial charge in [-0.15, -0.1) is 0 Å². The molecule has 0 fully saturated rings. The molecule has 1 aromatic carbocycles. The van der Waals surface area contributed by atoms with Crippen molar-refractivity contribution < 1.29 is 4.79 Å². The SMILES string of the molecule is BN1Cc2c(CC(C)(C)C)cccc2C1=O. The monoisotopic (exact) mass is 215 g/mol. The van der Waals surface area contributed by atoms with Crippen molar-refractivity contribution in [2.24, 2.45) is 5.41 Å². The number of hydrogen-bond acceptors (Lipinski definition) is 1. The highest BCUT2D eigenvalue weighted by Crippen LogP contribution is 2.29. The van der Waals surface area contributed by atoms with Gasteiger partial charge < -0.3 is 4.81 Å². The van der Waals surface area contributed by atoms with Crippen LogP contribution in [0.1, 0.15) is 42.3 Å². The van der Waals surface area contributed by atoms with Crippen LogP contribution in [0.2, 0.25) is 0 Å². The molecule has 1 aliphatic heterocycles. The van der Waals surface area contributed by atoms with Crippen LogP contribution in [0.5, 0.6) is 0 Å². The van der Waals surface area contributed by atoms with Gasteiger partial charge in [-0.2, -0.15) is 0 Å². The zero-order chi connectivity index (χ0) is 11.9. The van der Waals surface area contributed by atoms with Gasteiger partial charge in [0.05, 0.1) is 0 Å². The van der Waals surface area contributed by atoms with E-state index in [0.29, 0.717) is 0 Å². The zero-order valence-electron chi connectivity index (χ0n) is 10.5. The molecule has 16 heavy (non-hydrogen) atoms. The number of nitrogens with zero attached hydrogens (tertiary/aromatic N) is 1. The molecule has 0 saturated carbocycles. The molecule has 0 saturated heterocycles. The van der Waals surface area contributed by atoms with Crippen molar-refractivity contribution in [1.29, 1.82) is 0 Å². The second-order valence-electron chi connectivity index (χ2n) is 5.84. The molecule has 0 atom stereocenters. The fourth-order valence-electron chi connectivity index (χ4n) is 2.27. The average Bonchev–Trinajstić information content (AvgIpc) is 2.43. The number of benzene rings is 1. The molecule has 0 aliphatic carbocycles. The molecule has 0 unspecified atom stereocenters. The minimum absolute atomic E-state index is 0.158. The van der Waals surface area contributed by atoms with Crippen LogP contribution in [0.3, 0.4) is 0 Å². The van der Waals surface area contributed by atoms with Gasteiger partial charge in [0.1, 0.15) is 0 Å². The van der Waals surface area contributed by atoms with Gasteiger partial charge in [-0.3, -0.25) is 4.79 Å². The van der Waals surface area contributed by atoms with Crippen molar-refractivity contribution in [2.75, 3.05) is 0 Å². The maximum atomic E-state index is 11.8. The van der Waals surface area contributed by atoms with Gasteiger partial charge in [-0.05, 0) is 29.0 Å². The Morgan fingerprint density at radius 1 is 1.38 bits per heavy atom. The Hall–Kier alpha value is -1.25. The molecule has 84 valence electrons. The van der Waals surface area contributed by atoms with Gasteiger partial charge in [0.15, 0.2) is 0 Å². The Kier molecular flexibility index (Phi) is 2.57. The predicted molar refractivity (Wildman–Crippen MR) is 68.0 cm³/mol. The predicted octanol–water partition coefficient (Wildman–Crippen LogP) is 1.78. The molecule has 0 bridgehead atoms. The van der Waals surface area contributed by atoms with Crippen LogP contribution in [0, 0.1) is 5.41 Å². The summed E-state index contributed by atoms with van der Waals surface area (Å²) < 4.78 is 0. The van der Waals surface area contributed by atoms with Crippen molar-refractivity contribution in [3.05, 3.63) is 34.9 Å². The highest BCUT2D eigenvalue weighted by atomic mass is 16.2. The summed E-state index contributed by atoms with van der Waals surface area (Å²) in [5.74, 6) is 0.158. The Balaban J connectivity index is 2.40. The van der Waals surface area contributed by atoms with E-state index >= 15 is 0 Å². The largest absolute Gasteiger partial charge is 0.386 e. The van der Waals surface area contributed by atoms with Crippen molar-refractivity contribution in [2.45, 2.75) is 33.7 Å². The molecular formula is C13H18BNO. The fourth-order valence-corrected chi connectivity index (χ4v) is 2.27. The first kappa shape index (κ1) is 11.2. The van der Waals surface area contributed by atoms with E-state index < -0.39 is 0 Å². The third-order valence-corrected chi connectivity index (χ3v) is 2.97. The van der Waals surface area contributed by atoms with Crippen molar-refractivity contribution in [1.82, 2.24) is 4.81 Å². The van der Waals surface area contributed by atoms with Crippen LogP contribution in [0.25, 0.3) is 0 Å². The van der Waals surface area contributed by atoms with E-state index in [-0.39, 0.29) is 11.3 Å². The van der Waals surface area contributed by atoms with Crippen molar-refractivity contribution in [3.8, 4) is 0 Å². The van der Waals surface area contributed by atoms with Crippen LogP contribution in [0.15, 0.2) is 18.2 Å². The molecule has 0 radical (unpaired) electrons. The fraction of sp³-hybridized carbons (Fsp3) is 0.462. The van der Waals surface area contributed by atoms with Crippen LogP contribution in [0.4, 0.5) is 0 Å². The molecule has 0 N–H and O–H groups in total. The first-order valence-corrected chi connectivity index (χ1v) is 5.75. The number of fused-ring (bicyclic) bond motifs is 1. The molecule has 3 heteroatoms. The number of carbonyl (C=O) groups excluding carboxylic acids is 1. The summed E-state index contributed by atoms with van der Waals surface area (Å²) in [7, 11) is 1.86. The smallest absolute Gasteiger partial charge is 0.241 e. The summed E-state index contributed by atoms with van der Waals surface area (Å²) in [5, 5.41) is 0. The lowest BCUT2D eigenvalue weighted by Gasteiger charge is -2.20. The van der Waals surface area contributed by atoms with E-state index in [4.69, 9.17) is 0 Å². The molecule has 1 aliphatic rings. The lowest BCUT2D eigenvalue weighted by molar-refractivity contribution is 0.0880. The maximum Gasteiger partial charge on any atom is 0.241 e. The molecule has 1 amide bonds. The highest BCUT2D eigenvalue weighted by Gasteiger charge is 2.26. The van der Waals surface area contributed by atoms with Crippen LogP contribution >= 0.6 is 0 Å². The van der Waals surface area contributed by atoms with Crippen LogP contribution in [-0.2, 0) is 13.0 Å². The maximum absolute atomic E-state index is 11.8. The average molecular weight is 215 g/mol. The summed E-state index contributed by atoms with van der Waals surface area (Å²) in [6.07, 6.45) is 1.03. The van der Waals surface area contributed by atoms with Crippen molar-refractivity contribution >= 4 is 13.9 Å². The van der Waals surface area contributed by atoms with E-state index in [0.717, 1.165) is 18.5 Å². The highest BCUT2D eigenvalue weighted by molar-refractivity contribution is 6.20. The van der Waals surface area contributed by atoms with Gasteiger partial charge >= 0.3 is 0 Å². The minimum Gasteiger partial charge on any atom is -0.386 e. The summed E-state index contributed by atoms with van der Waals surface area (Å²) >= 11 is 0. The minimum atomic E-state index is 0.158. The van der Waals surface area contributed by atoms with Gasteiger partial charge in [-0.1, -0.05) is 32.9 Å². The van der Waals surface area contributed by atoms with E-state index in [1.807, 2.05) is 20.1 Å². The van der Waals surface area contributed by atoms with E-state index in [1.165, 1.54) is 11.1 Å². The second kappa shape index (κ2) is 3.65. The molecule has 1 heterocycles. The Morgan fingerprint density at radius 3 is 2.69 bits per heavy atom. The lowest BCUT2D eigenvalue weighted by atomic mass is 9.85. The van der Waals surface area contributed by atoms with Crippen LogP contribution < -0.4 is 0 Å². The number of carbonyl (C=O) groups is 1. The Bertz CT molecular complexity index is 434. The number of rotatable bonds is 1. The lowest BCUT2D eigenvalue weighted by Crippen LogP contribution is -2.19. The topological polar surface area (TPSA) is 20.3 Å². The van der Waals surface area contributed by atoms with Gasteiger partial charge in [-0.25, -0.2) is 0 Å². The molecule has 2 rings (SSSR count). The third-order valence-electron chi connectivity index (χ3n) is 2.97. The van der Waals surface area contributed by atoms with E-state index in [9.17, 15) is 4.79 Å². The Morgan fingerprint density at radius 2 is 2.06 bits per heavy atom. The normalized spacial score (nSPS) is 15.4. The molecule has 0 aromatic heterocycles.